The van der Waals surface area contributed by atoms with Gasteiger partial charge in [-0.05, 0) is 0 Å². The number of amides is 1. The Kier molecular flexibility index (Phi) is 7.47. The van der Waals surface area contributed by atoms with Gasteiger partial charge in [-0.2, -0.15) is 28.8 Å². The van der Waals surface area contributed by atoms with Crippen molar-refractivity contribution in [2.24, 2.45) is 0 Å². The second-order valence-electron chi connectivity index (χ2n) is 3.46. The molecule has 2 N–H and O–H groups in total. The number of nitrogens with one attached hydrogen (secondary N) is 2. The molecule has 1 aliphatic rings. The topological polar surface area (TPSA) is 64.9 Å². The van der Waals surface area contributed by atoms with Crippen LogP contribution in [0.4, 0.5) is 0 Å². The van der Waals surface area contributed by atoms with E-state index >= 15 is 0 Å². The predicted octanol–water partition coefficient (Wildman–Crippen LogP) is 0.454. The molecule has 0 aromatic rings. The van der Waals surface area contributed by atoms with Gasteiger partial charge in [-0.3, -0.25) is 4.79 Å². The summed E-state index contributed by atoms with van der Waals surface area (Å²) in [5.74, 6) is 3.61. The quantitative estimate of drug-likeness (QED) is 0.678. The minimum absolute atomic E-state index is 0.0243. The molecule has 1 atom stereocenters. The van der Waals surface area contributed by atoms with Crippen LogP contribution in [0.25, 0.3) is 0 Å². The third-order valence-electron chi connectivity index (χ3n) is 2.10. The Morgan fingerprint density at radius 3 is 3.06 bits per heavy atom. The van der Waals surface area contributed by atoms with Crippen molar-refractivity contribution in [1.82, 2.24) is 10.6 Å². The molecule has 1 unspecified atom stereocenters. The van der Waals surface area contributed by atoms with Crippen molar-refractivity contribution in [3.63, 3.8) is 0 Å². The first kappa shape index (κ1) is 13.7. The average molecular weight is 259 g/mol. The highest BCUT2D eigenvalue weighted by Gasteiger charge is 2.13. The summed E-state index contributed by atoms with van der Waals surface area (Å²) in [5.41, 5.74) is 0. The van der Waals surface area contributed by atoms with Gasteiger partial charge in [0, 0.05) is 35.6 Å². The summed E-state index contributed by atoms with van der Waals surface area (Å²) in [5, 5.41) is 14.8. The maximum Gasteiger partial charge on any atom is 0.233 e. The van der Waals surface area contributed by atoms with Crippen molar-refractivity contribution in [2.45, 2.75) is 11.7 Å². The smallest absolute Gasteiger partial charge is 0.233 e. The summed E-state index contributed by atoms with van der Waals surface area (Å²) in [4.78, 5) is 11.3. The number of hydrogen-bond donors (Lipinski definition) is 2. The molecule has 1 heterocycles. The van der Waals surface area contributed by atoms with E-state index in [4.69, 9.17) is 5.26 Å². The third-order valence-corrected chi connectivity index (χ3v) is 4.95. The van der Waals surface area contributed by atoms with Crippen LogP contribution < -0.4 is 10.6 Å². The van der Waals surface area contributed by atoms with Gasteiger partial charge in [0.15, 0.2) is 0 Å². The molecule has 0 aliphatic carbocycles. The van der Waals surface area contributed by atoms with Crippen LogP contribution >= 0.6 is 23.5 Å². The van der Waals surface area contributed by atoms with E-state index in [1.54, 1.807) is 0 Å². The normalized spacial score (nSPS) is 20.1. The molecule has 1 saturated heterocycles. The number of carbonyl (C=O) groups excluding carboxylic acids is 1. The van der Waals surface area contributed by atoms with Crippen molar-refractivity contribution < 1.29 is 4.79 Å². The lowest BCUT2D eigenvalue weighted by atomic mass is 10.4. The van der Waals surface area contributed by atoms with Crippen molar-refractivity contribution in [2.75, 3.05) is 36.9 Å². The van der Waals surface area contributed by atoms with Gasteiger partial charge in [-0.15, -0.1) is 0 Å². The van der Waals surface area contributed by atoms with E-state index in [0.717, 1.165) is 6.54 Å². The minimum atomic E-state index is -0.0243. The van der Waals surface area contributed by atoms with Crippen molar-refractivity contribution in [3.8, 4) is 6.07 Å². The van der Waals surface area contributed by atoms with Gasteiger partial charge in [-0.25, -0.2) is 0 Å². The second-order valence-corrected chi connectivity index (χ2v) is 6.01. The number of carbonyl (C=O) groups is 1. The van der Waals surface area contributed by atoms with Crippen molar-refractivity contribution in [1.29, 1.82) is 5.26 Å². The number of hydrogen-bond acceptors (Lipinski definition) is 5. The zero-order chi connectivity index (χ0) is 11.6. The predicted molar refractivity (Wildman–Crippen MR) is 69.7 cm³/mol. The molecule has 16 heavy (non-hydrogen) atoms. The molecule has 1 fully saturated rings. The molecular formula is C10H17N3OS2. The Morgan fingerprint density at radius 1 is 1.50 bits per heavy atom. The van der Waals surface area contributed by atoms with Crippen LogP contribution in [0.2, 0.25) is 0 Å². The SMILES string of the molecule is N#CCCNC(=O)CNCC1CSCCS1. The number of thioether (sulfide) groups is 2. The van der Waals surface area contributed by atoms with E-state index in [9.17, 15) is 4.79 Å². The Morgan fingerprint density at radius 2 is 2.38 bits per heavy atom. The highest BCUT2D eigenvalue weighted by molar-refractivity contribution is 8.06. The molecule has 0 spiro atoms. The standard InChI is InChI=1S/C10H17N3OS2/c11-2-1-3-13-10(14)7-12-6-9-8-15-4-5-16-9/h9,12H,1,3-8H2,(H,13,14). The van der Waals surface area contributed by atoms with Crippen LogP contribution in [0.5, 0.6) is 0 Å². The molecule has 1 amide bonds. The highest BCUT2D eigenvalue weighted by atomic mass is 32.2. The first-order chi connectivity index (χ1) is 7.83. The Bertz CT molecular complexity index is 249. The van der Waals surface area contributed by atoms with Crippen LogP contribution in [0.1, 0.15) is 6.42 Å². The largest absolute Gasteiger partial charge is 0.354 e. The summed E-state index contributed by atoms with van der Waals surface area (Å²) in [6, 6.07) is 1.99. The monoisotopic (exact) mass is 259 g/mol. The summed E-state index contributed by atoms with van der Waals surface area (Å²) in [6.45, 7) is 1.70. The molecule has 0 radical (unpaired) electrons. The summed E-state index contributed by atoms with van der Waals surface area (Å²) in [7, 11) is 0. The zero-order valence-corrected chi connectivity index (χ0v) is 10.8. The maximum absolute atomic E-state index is 11.3. The van der Waals surface area contributed by atoms with E-state index in [1.807, 2.05) is 29.6 Å². The molecule has 0 aromatic carbocycles. The Labute approximate surface area is 105 Å². The van der Waals surface area contributed by atoms with Crippen LogP contribution in [0.3, 0.4) is 0 Å². The van der Waals surface area contributed by atoms with E-state index in [0.29, 0.717) is 24.8 Å². The fraction of sp³-hybridized carbons (Fsp3) is 0.800. The first-order valence-corrected chi connectivity index (χ1v) is 7.57. The molecule has 4 nitrogen and oxygen atoms in total. The summed E-state index contributed by atoms with van der Waals surface area (Å²) in [6.07, 6.45) is 0.376. The van der Waals surface area contributed by atoms with Crippen molar-refractivity contribution in [3.05, 3.63) is 0 Å². The van der Waals surface area contributed by atoms with Gasteiger partial charge < -0.3 is 10.6 Å². The van der Waals surface area contributed by atoms with Gasteiger partial charge in [0.25, 0.3) is 0 Å². The van der Waals surface area contributed by atoms with Crippen LogP contribution in [-0.4, -0.2) is 48.0 Å². The second kappa shape index (κ2) is 8.74. The van der Waals surface area contributed by atoms with E-state index < -0.39 is 0 Å². The molecular weight excluding hydrogens is 242 g/mol. The van der Waals surface area contributed by atoms with E-state index in [-0.39, 0.29) is 5.91 Å². The molecule has 0 aromatic heterocycles. The zero-order valence-electron chi connectivity index (χ0n) is 9.20. The van der Waals surface area contributed by atoms with Gasteiger partial charge >= 0.3 is 0 Å². The molecule has 0 saturated carbocycles. The molecule has 0 bridgehead atoms. The van der Waals surface area contributed by atoms with Crippen LogP contribution in [-0.2, 0) is 4.79 Å². The van der Waals surface area contributed by atoms with Gasteiger partial charge in [-0.1, -0.05) is 0 Å². The molecule has 1 rings (SSSR count). The summed E-state index contributed by atoms with van der Waals surface area (Å²) < 4.78 is 0. The highest BCUT2D eigenvalue weighted by Crippen LogP contribution is 2.22. The Hall–Kier alpha value is -0.380. The fourth-order valence-electron chi connectivity index (χ4n) is 1.32. The maximum atomic E-state index is 11.3. The first-order valence-electron chi connectivity index (χ1n) is 5.36. The van der Waals surface area contributed by atoms with Gasteiger partial charge in [0.05, 0.1) is 19.0 Å². The van der Waals surface area contributed by atoms with Crippen LogP contribution in [0.15, 0.2) is 0 Å². The lowest BCUT2D eigenvalue weighted by Crippen LogP contribution is -2.38. The lowest BCUT2D eigenvalue weighted by molar-refractivity contribution is -0.120. The number of nitriles is 1. The lowest BCUT2D eigenvalue weighted by Gasteiger charge is -2.20. The van der Waals surface area contributed by atoms with Gasteiger partial charge in [0.2, 0.25) is 5.91 Å². The van der Waals surface area contributed by atoms with E-state index in [1.165, 1.54) is 17.3 Å². The average Bonchev–Trinajstić information content (AvgIpc) is 2.31. The number of rotatable bonds is 6. The third kappa shape index (κ3) is 6.26. The van der Waals surface area contributed by atoms with Crippen molar-refractivity contribution >= 4 is 29.4 Å². The van der Waals surface area contributed by atoms with Crippen LogP contribution in [0, 0.1) is 11.3 Å². The Balaban J connectivity index is 1.97. The fourth-order valence-corrected chi connectivity index (χ4v) is 3.97. The molecule has 1 aliphatic heterocycles. The minimum Gasteiger partial charge on any atom is -0.354 e. The van der Waals surface area contributed by atoms with E-state index in [2.05, 4.69) is 10.6 Å². The number of nitrogens with zero attached hydrogens (tertiary/aromatic N) is 1. The summed E-state index contributed by atoms with van der Waals surface area (Å²) >= 11 is 3.96. The molecule has 6 heteroatoms. The van der Waals surface area contributed by atoms with Gasteiger partial charge in [0.1, 0.15) is 0 Å². The molecule has 90 valence electrons.